The van der Waals surface area contributed by atoms with Crippen LogP contribution in [0.3, 0.4) is 0 Å². The van der Waals surface area contributed by atoms with E-state index in [0.29, 0.717) is 23.8 Å². The Hall–Kier alpha value is -2.45. The molecular weight excluding hydrogens is 456 g/mol. The lowest BCUT2D eigenvalue weighted by molar-refractivity contribution is -0.129. The second kappa shape index (κ2) is 9.78. The Morgan fingerprint density at radius 1 is 0.944 bits per heavy atom. The van der Waals surface area contributed by atoms with Crippen LogP contribution in [0.15, 0.2) is 34.4 Å². The van der Waals surface area contributed by atoms with Gasteiger partial charge < -0.3 is 20.0 Å². The van der Waals surface area contributed by atoms with Crippen molar-refractivity contribution in [2.75, 3.05) is 12.0 Å². The van der Waals surface area contributed by atoms with Crippen LogP contribution in [0, 0.1) is 11.8 Å². The molecule has 5 unspecified atom stereocenters. The van der Waals surface area contributed by atoms with Gasteiger partial charge in [0.05, 0.1) is 11.4 Å². The Bertz CT molecular complexity index is 1030. The zero-order valence-corrected chi connectivity index (χ0v) is 21.1. The molecule has 36 heavy (non-hydrogen) atoms. The standard InChI is InChI=1S/C28H38N4O4/c1-36-30-26(28(34)35)25-27(33)32(24-9-5-4-8-23(24)29-25)22-15-19-10-11-20(16-22)31(19)21-13-17-6-2-3-7-18(12-17)14-21/h4-5,8-9,17-22,27,33H,2-3,6-7,10-16H2,1H3,(H,34,35). The Morgan fingerprint density at radius 3 is 2.25 bits per heavy atom. The Balaban J connectivity index is 1.27. The highest BCUT2D eigenvalue weighted by Crippen LogP contribution is 2.48. The van der Waals surface area contributed by atoms with Gasteiger partial charge in [-0.15, -0.1) is 0 Å². The number of rotatable bonds is 5. The van der Waals surface area contributed by atoms with Crippen LogP contribution in [0.1, 0.15) is 70.6 Å². The van der Waals surface area contributed by atoms with Gasteiger partial charge in [-0.05, 0) is 68.9 Å². The van der Waals surface area contributed by atoms with Gasteiger partial charge >= 0.3 is 5.97 Å². The molecule has 1 aromatic rings. The van der Waals surface area contributed by atoms with Crippen molar-refractivity contribution in [3.8, 4) is 0 Å². The van der Waals surface area contributed by atoms with E-state index >= 15 is 0 Å². The molecule has 2 saturated carbocycles. The fraction of sp³-hybridized carbons (Fsp3) is 0.679. The van der Waals surface area contributed by atoms with E-state index in [9.17, 15) is 15.0 Å². The minimum absolute atomic E-state index is 0.0363. The fourth-order valence-electron chi connectivity index (χ4n) is 8.20. The number of oxime groups is 1. The number of carboxylic acid groups (broad SMARTS) is 1. The number of aliphatic hydroxyl groups is 1. The molecule has 3 aliphatic heterocycles. The number of hydrogen-bond donors (Lipinski definition) is 2. The topological polar surface area (TPSA) is 98.0 Å². The van der Waals surface area contributed by atoms with Gasteiger partial charge in [0, 0.05) is 24.2 Å². The normalized spacial score (nSPS) is 36.6. The van der Waals surface area contributed by atoms with Gasteiger partial charge in [-0.1, -0.05) is 43.0 Å². The first-order chi connectivity index (χ1) is 17.5. The molecule has 3 heterocycles. The molecule has 2 saturated heterocycles. The van der Waals surface area contributed by atoms with Crippen LogP contribution in [0.5, 0.6) is 0 Å². The van der Waals surface area contributed by atoms with Crippen LogP contribution in [-0.2, 0) is 9.63 Å². The molecule has 2 aliphatic carbocycles. The van der Waals surface area contributed by atoms with Gasteiger partial charge in [-0.3, -0.25) is 4.90 Å². The van der Waals surface area contributed by atoms with Crippen molar-refractivity contribution in [3.63, 3.8) is 0 Å². The lowest BCUT2D eigenvalue weighted by Crippen LogP contribution is -2.59. The van der Waals surface area contributed by atoms with Crippen LogP contribution in [0.25, 0.3) is 0 Å². The number of benzene rings is 1. The molecule has 5 atom stereocenters. The summed E-state index contributed by atoms with van der Waals surface area (Å²) in [6.07, 6.45) is 13.0. The summed E-state index contributed by atoms with van der Waals surface area (Å²) >= 11 is 0. The number of piperidine rings is 1. The lowest BCUT2D eigenvalue weighted by atomic mass is 9.76. The van der Waals surface area contributed by atoms with E-state index in [1.807, 2.05) is 29.2 Å². The van der Waals surface area contributed by atoms with Crippen molar-refractivity contribution < 1.29 is 19.8 Å². The van der Waals surface area contributed by atoms with Crippen molar-refractivity contribution in [2.24, 2.45) is 22.0 Å². The van der Waals surface area contributed by atoms with Crippen LogP contribution in [-0.4, -0.2) is 70.0 Å². The zero-order valence-electron chi connectivity index (χ0n) is 21.1. The maximum atomic E-state index is 11.9. The largest absolute Gasteiger partial charge is 0.476 e. The number of fused-ring (bicyclic) bond motifs is 5. The highest BCUT2D eigenvalue weighted by atomic mass is 16.6. The van der Waals surface area contributed by atoms with Crippen molar-refractivity contribution >= 4 is 28.8 Å². The van der Waals surface area contributed by atoms with Crippen molar-refractivity contribution in [3.05, 3.63) is 24.3 Å². The molecule has 8 nitrogen and oxygen atoms in total. The SMILES string of the molecule is CON=C(C(=O)O)C1=Nc2ccccc2N(C2CC3CCC(C2)N3C2CC3CCCCC(C3)C2)C1O. The Labute approximate surface area is 213 Å². The molecule has 1 aromatic carbocycles. The van der Waals surface area contributed by atoms with E-state index in [4.69, 9.17) is 4.84 Å². The Kier molecular flexibility index (Phi) is 6.50. The first kappa shape index (κ1) is 23.9. The van der Waals surface area contributed by atoms with Crippen LogP contribution in [0.2, 0.25) is 0 Å². The predicted molar refractivity (Wildman–Crippen MR) is 139 cm³/mol. The quantitative estimate of drug-likeness (QED) is 0.467. The average Bonchev–Trinajstić information content (AvgIpc) is 3.02. The lowest BCUT2D eigenvalue weighted by Gasteiger charge is -2.51. The molecule has 6 rings (SSSR count). The number of para-hydroxylation sites is 2. The highest BCUT2D eigenvalue weighted by Gasteiger charge is 2.49. The summed E-state index contributed by atoms with van der Waals surface area (Å²) in [4.78, 5) is 26.1. The first-order valence-electron chi connectivity index (χ1n) is 13.8. The van der Waals surface area contributed by atoms with Crippen molar-refractivity contribution in [1.29, 1.82) is 0 Å². The Morgan fingerprint density at radius 2 is 1.61 bits per heavy atom. The summed E-state index contributed by atoms with van der Waals surface area (Å²) in [6, 6.07) is 9.55. The molecule has 0 amide bonds. The fourth-order valence-corrected chi connectivity index (χ4v) is 8.20. The summed E-state index contributed by atoms with van der Waals surface area (Å²) in [7, 11) is 1.30. The number of aliphatic hydroxyl groups excluding tert-OH is 1. The summed E-state index contributed by atoms with van der Waals surface area (Å²) in [5.41, 5.74) is 1.20. The second-order valence-electron chi connectivity index (χ2n) is 11.5. The molecule has 4 bridgehead atoms. The van der Waals surface area contributed by atoms with Crippen LogP contribution < -0.4 is 4.90 Å². The first-order valence-corrected chi connectivity index (χ1v) is 13.8. The summed E-state index contributed by atoms with van der Waals surface area (Å²) < 4.78 is 0. The summed E-state index contributed by atoms with van der Waals surface area (Å²) in [5, 5.41) is 24.9. The monoisotopic (exact) mass is 494 g/mol. The number of carbonyl (C=O) groups is 1. The maximum Gasteiger partial charge on any atom is 0.360 e. The zero-order chi connectivity index (χ0) is 24.8. The van der Waals surface area contributed by atoms with Gasteiger partial charge in [0.15, 0.2) is 6.23 Å². The van der Waals surface area contributed by atoms with E-state index in [0.717, 1.165) is 30.4 Å². The molecule has 2 N–H and O–H groups in total. The number of aliphatic imine (C=N–C) groups is 1. The number of hydrogen-bond acceptors (Lipinski definition) is 7. The number of nitrogens with zero attached hydrogens (tertiary/aromatic N) is 4. The van der Waals surface area contributed by atoms with Gasteiger partial charge in [-0.2, -0.15) is 0 Å². The molecule has 0 spiro atoms. The third-order valence-corrected chi connectivity index (χ3v) is 9.47. The summed E-state index contributed by atoms with van der Waals surface area (Å²) in [6.45, 7) is 0. The third kappa shape index (κ3) is 4.22. The van der Waals surface area contributed by atoms with Gasteiger partial charge in [0.25, 0.3) is 0 Å². The minimum atomic E-state index is -1.26. The third-order valence-electron chi connectivity index (χ3n) is 9.47. The molecule has 8 heteroatoms. The van der Waals surface area contributed by atoms with E-state index in [-0.39, 0.29) is 17.5 Å². The molecule has 4 fully saturated rings. The van der Waals surface area contributed by atoms with Gasteiger partial charge in [0.1, 0.15) is 12.8 Å². The van der Waals surface area contributed by atoms with Crippen LogP contribution >= 0.6 is 0 Å². The highest BCUT2D eigenvalue weighted by molar-refractivity contribution is 6.66. The molecule has 0 aromatic heterocycles. The molecule has 0 radical (unpaired) electrons. The number of carboxylic acids is 1. The van der Waals surface area contributed by atoms with E-state index in [2.05, 4.69) is 15.0 Å². The van der Waals surface area contributed by atoms with Crippen LogP contribution in [0.4, 0.5) is 11.4 Å². The smallest absolute Gasteiger partial charge is 0.360 e. The molecular formula is C28H38N4O4. The maximum absolute atomic E-state index is 11.9. The van der Waals surface area contributed by atoms with E-state index in [1.165, 1.54) is 64.9 Å². The van der Waals surface area contributed by atoms with Gasteiger partial charge in [0.2, 0.25) is 5.71 Å². The minimum Gasteiger partial charge on any atom is -0.476 e. The number of aliphatic carboxylic acids is 1. The molecule has 5 aliphatic rings. The average molecular weight is 495 g/mol. The predicted octanol–water partition coefficient (Wildman–Crippen LogP) is 4.34. The van der Waals surface area contributed by atoms with E-state index < -0.39 is 12.2 Å². The summed E-state index contributed by atoms with van der Waals surface area (Å²) in [5.74, 6) is 0.539. The second-order valence-corrected chi connectivity index (χ2v) is 11.5. The van der Waals surface area contributed by atoms with Crippen molar-refractivity contribution in [1.82, 2.24) is 4.90 Å². The molecule has 194 valence electrons. The van der Waals surface area contributed by atoms with Crippen molar-refractivity contribution in [2.45, 2.75) is 101 Å². The van der Waals surface area contributed by atoms with Gasteiger partial charge in [-0.25, -0.2) is 9.79 Å². The number of anilines is 1. The van der Waals surface area contributed by atoms with E-state index in [1.54, 1.807) is 0 Å².